The Balaban J connectivity index is 1.22. The van der Waals surface area contributed by atoms with Gasteiger partial charge in [-0.25, -0.2) is 9.37 Å². The van der Waals surface area contributed by atoms with Gasteiger partial charge in [0.05, 0.1) is 32.5 Å². The van der Waals surface area contributed by atoms with Crippen molar-refractivity contribution in [3.8, 4) is 22.6 Å². The highest BCUT2D eigenvalue weighted by Gasteiger charge is 2.29. The molecule has 7 rings (SSSR count). The SMILES string of the molecule is COc1cccnc1N1CCN(C(=O)c2cc3c(-c4cnc(C)c(C)c4OC)cc(C4=CCCN(C(=O)CCn5ccnn5)C4)c(F)c3[nH]2)CC1. The quantitative estimate of drug-likeness (QED) is 0.234. The molecule has 6 heterocycles. The zero-order valence-corrected chi connectivity index (χ0v) is 29.1. The van der Waals surface area contributed by atoms with E-state index in [0.29, 0.717) is 84.8 Å². The number of rotatable bonds is 9. The zero-order valence-electron chi connectivity index (χ0n) is 29.1. The first-order chi connectivity index (χ1) is 24.8. The molecule has 51 heavy (non-hydrogen) atoms. The third-order valence-electron chi connectivity index (χ3n) is 9.81. The number of nitrogens with zero attached hydrogens (tertiary/aromatic N) is 8. The molecule has 1 saturated heterocycles. The van der Waals surface area contributed by atoms with Crippen molar-refractivity contribution in [3.05, 3.63) is 83.5 Å². The lowest BCUT2D eigenvalue weighted by Crippen LogP contribution is -2.49. The number of piperazine rings is 1. The fraction of sp³-hybridized carbons (Fsp3) is 0.351. The van der Waals surface area contributed by atoms with E-state index in [1.807, 2.05) is 32.1 Å². The number of methoxy groups -OCH3 is 2. The molecule has 5 aromatic rings. The molecule has 1 fully saturated rings. The van der Waals surface area contributed by atoms with E-state index >= 15 is 4.39 Å². The first kappa shape index (κ1) is 33.7. The van der Waals surface area contributed by atoms with E-state index in [9.17, 15) is 9.59 Å². The van der Waals surface area contributed by atoms with Crippen molar-refractivity contribution in [1.29, 1.82) is 0 Å². The average molecular weight is 694 g/mol. The number of H-pyrrole nitrogens is 1. The summed E-state index contributed by atoms with van der Waals surface area (Å²) >= 11 is 0. The van der Waals surface area contributed by atoms with Crippen LogP contribution in [0.5, 0.6) is 11.5 Å². The van der Waals surface area contributed by atoms with E-state index in [0.717, 1.165) is 17.1 Å². The molecular formula is C37H40FN9O4. The molecule has 2 aliphatic rings. The standard InChI is InChI=1S/C37H40FN9O4/c1-23-24(2)40-21-29(35(23)51-4)27-19-26(25-7-6-12-46(22-25)32(48)9-13-47-14-11-41-43-47)33(38)34-28(27)20-30(42-34)37(49)45-17-15-44(16-18-45)36-31(50-3)8-5-10-39-36/h5,7-8,10-11,14,19-21,42H,6,9,12-13,15-18,22H2,1-4H3. The number of aromatic amines is 1. The van der Waals surface area contributed by atoms with Gasteiger partial charge in [-0.05, 0) is 55.7 Å². The van der Waals surface area contributed by atoms with Gasteiger partial charge in [-0.2, -0.15) is 0 Å². The summed E-state index contributed by atoms with van der Waals surface area (Å²) in [5.41, 5.74) is 4.57. The molecule has 0 spiro atoms. The molecule has 0 saturated carbocycles. The monoisotopic (exact) mass is 693 g/mol. The highest BCUT2D eigenvalue weighted by atomic mass is 19.1. The molecule has 264 valence electrons. The Morgan fingerprint density at radius 1 is 0.961 bits per heavy atom. The number of hydrogen-bond donors (Lipinski definition) is 1. The van der Waals surface area contributed by atoms with Crippen LogP contribution in [-0.2, 0) is 11.3 Å². The van der Waals surface area contributed by atoms with Crippen LogP contribution >= 0.6 is 0 Å². The van der Waals surface area contributed by atoms with Gasteiger partial charge in [-0.1, -0.05) is 11.3 Å². The van der Waals surface area contributed by atoms with Gasteiger partial charge >= 0.3 is 0 Å². The van der Waals surface area contributed by atoms with Gasteiger partial charge in [0.15, 0.2) is 17.4 Å². The summed E-state index contributed by atoms with van der Waals surface area (Å²) in [4.78, 5) is 45.1. The van der Waals surface area contributed by atoms with Crippen molar-refractivity contribution in [3.63, 3.8) is 0 Å². The molecule has 13 nitrogen and oxygen atoms in total. The third kappa shape index (κ3) is 6.48. The van der Waals surface area contributed by atoms with Crippen molar-refractivity contribution < 1.29 is 23.5 Å². The van der Waals surface area contributed by atoms with E-state index < -0.39 is 5.82 Å². The minimum Gasteiger partial charge on any atom is -0.496 e. The van der Waals surface area contributed by atoms with Crippen molar-refractivity contribution in [2.75, 3.05) is 58.4 Å². The Labute approximate surface area is 294 Å². The number of fused-ring (bicyclic) bond motifs is 1. The number of anilines is 1. The lowest BCUT2D eigenvalue weighted by Gasteiger charge is -2.35. The molecule has 0 bridgehead atoms. The number of hydrogen-bond acceptors (Lipinski definition) is 9. The molecular weight excluding hydrogens is 653 g/mol. The Morgan fingerprint density at radius 3 is 2.53 bits per heavy atom. The number of benzene rings is 1. The summed E-state index contributed by atoms with van der Waals surface area (Å²) in [5, 5.41) is 8.29. The number of pyridine rings is 2. The second kappa shape index (κ2) is 14.2. The average Bonchev–Trinajstić information content (AvgIpc) is 3.86. The molecule has 14 heteroatoms. The van der Waals surface area contributed by atoms with Gasteiger partial charge in [0, 0.05) is 92.1 Å². The van der Waals surface area contributed by atoms with E-state index in [4.69, 9.17) is 9.47 Å². The number of ether oxygens (including phenoxy) is 2. The largest absolute Gasteiger partial charge is 0.496 e. The second-order valence-electron chi connectivity index (χ2n) is 12.7. The highest BCUT2D eigenvalue weighted by molar-refractivity contribution is 6.05. The van der Waals surface area contributed by atoms with E-state index in [-0.39, 0.29) is 36.0 Å². The Bertz CT molecular complexity index is 2120. The molecule has 0 aliphatic carbocycles. The predicted octanol–water partition coefficient (Wildman–Crippen LogP) is 4.66. The first-order valence-electron chi connectivity index (χ1n) is 17.0. The number of carbonyl (C=O) groups is 2. The van der Waals surface area contributed by atoms with Crippen molar-refractivity contribution >= 4 is 34.1 Å². The van der Waals surface area contributed by atoms with Crippen LogP contribution in [0.2, 0.25) is 0 Å². The van der Waals surface area contributed by atoms with Crippen molar-refractivity contribution in [2.45, 2.75) is 33.2 Å². The number of nitrogens with one attached hydrogen (secondary N) is 1. The fourth-order valence-corrected chi connectivity index (χ4v) is 6.91. The fourth-order valence-electron chi connectivity index (χ4n) is 6.91. The van der Waals surface area contributed by atoms with Crippen LogP contribution in [0.1, 0.15) is 40.2 Å². The first-order valence-corrected chi connectivity index (χ1v) is 17.0. The number of carbonyl (C=O) groups excluding carboxylic acids is 2. The maximum absolute atomic E-state index is 16.8. The zero-order chi connectivity index (χ0) is 35.6. The van der Waals surface area contributed by atoms with Gasteiger partial charge in [-0.3, -0.25) is 19.3 Å². The summed E-state index contributed by atoms with van der Waals surface area (Å²) in [6, 6.07) is 7.20. The van der Waals surface area contributed by atoms with Crippen LogP contribution in [-0.4, -0.2) is 105 Å². The second-order valence-corrected chi connectivity index (χ2v) is 12.7. The highest BCUT2D eigenvalue weighted by Crippen LogP contribution is 2.41. The van der Waals surface area contributed by atoms with Crippen molar-refractivity contribution in [2.24, 2.45) is 0 Å². The number of amides is 2. The van der Waals surface area contributed by atoms with E-state index in [1.54, 1.807) is 65.6 Å². The Morgan fingerprint density at radius 2 is 1.78 bits per heavy atom. The molecule has 2 amide bonds. The topological polar surface area (TPSA) is 135 Å². The number of aromatic nitrogens is 6. The lowest BCUT2D eigenvalue weighted by atomic mass is 9.92. The van der Waals surface area contributed by atoms with Crippen LogP contribution < -0.4 is 14.4 Å². The van der Waals surface area contributed by atoms with Gasteiger partial charge in [-0.15, -0.1) is 5.10 Å². The maximum atomic E-state index is 16.8. The predicted molar refractivity (Wildman–Crippen MR) is 190 cm³/mol. The minimum atomic E-state index is -0.487. The normalized spacial score (nSPS) is 14.9. The van der Waals surface area contributed by atoms with Crippen LogP contribution in [0.3, 0.4) is 0 Å². The summed E-state index contributed by atoms with van der Waals surface area (Å²) in [7, 11) is 3.22. The van der Waals surface area contributed by atoms with Crippen LogP contribution in [0.25, 0.3) is 27.6 Å². The number of halogens is 1. The van der Waals surface area contributed by atoms with E-state index in [1.165, 1.54) is 0 Å². The third-order valence-corrected chi connectivity index (χ3v) is 9.81. The van der Waals surface area contributed by atoms with Gasteiger partial charge in [0.2, 0.25) is 5.91 Å². The smallest absolute Gasteiger partial charge is 0.270 e. The molecule has 0 radical (unpaired) electrons. The summed E-state index contributed by atoms with van der Waals surface area (Å²) < 4.78 is 29.8. The summed E-state index contributed by atoms with van der Waals surface area (Å²) in [5.74, 6) is 1.28. The Hall–Kier alpha value is -5.79. The maximum Gasteiger partial charge on any atom is 0.270 e. The van der Waals surface area contributed by atoms with Crippen molar-refractivity contribution in [1.82, 2.24) is 39.7 Å². The van der Waals surface area contributed by atoms with Crippen LogP contribution in [0.15, 0.2) is 55.1 Å². The number of aryl methyl sites for hydroxylation is 2. The molecule has 0 unspecified atom stereocenters. The minimum absolute atomic E-state index is 0.0489. The molecule has 4 aromatic heterocycles. The lowest BCUT2D eigenvalue weighted by molar-refractivity contribution is -0.131. The van der Waals surface area contributed by atoms with Gasteiger partial charge < -0.3 is 29.2 Å². The molecule has 2 aliphatic heterocycles. The summed E-state index contributed by atoms with van der Waals surface area (Å²) in [6.45, 7) is 7.08. The van der Waals surface area contributed by atoms with E-state index in [2.05, 4.69) is 30.2 Å². The van der Waals surface area contributed by atoms with Gasteiger partial charge in [0.1, 0.15) is 11.4 Å². The summed E-state index contributed by atoms with van der Waals surface area (Å²) in [6.07, 6.45) is 9.55. The Kier molecular flexibility index (Phi) is 9.39. The molecule has 0 atom stereocenters. The van der Waals surface area contributed by atoms with Gasteiger partial charge in [0.25, 0.3) is 5.91 Å². The molecule has 1 aromatic carbocycles. The molecule has 1 N–H and O–H groups in total. The van der Waals surface area contributed by atoms with Crippen LogP contribution in [0, 0.1) is 19.7 Å². The van der Waals surface area contributed by atoms with Crippen LogP contribution in [0.4, 0.5) is 10.2 Å².